The van der Waals surface area contributed by atoms with Gasteiger partial charge in [0.1, 0.15) is 5.82 Å². The number of halogens is 1. The van der Waals surface area contributed by atoms with Gasteiger partial charge in [0, 0.05) is 24.8 Å². The topological polar surface area (TPSA) is 29.3 Å². The molecule has 0 spiro atoms. The normalized spacial score (nSPS) is 12.5. The maximum atomic E-state index is 13.1. The van der Waals surface area contributed by atoms with Gasteiger partial charge in [-0.1, -0.05) is 13.0 Å². The monoisotopic (exact) mass is 224 g/mol. The van der Waals surface area contributed by atoms with E-state index in [2.05, 4.69) is 18.7 Å². The van der Waals surface area contributed by atoms with Gasteiger partial charge in [-0.15, -0.1) is 0 Å². The van der Waals surface area contributed by atoms with E-state index in [0.717, 1.165) is 31.6 Å². The van der Waals surface area contributed by atoms with Crippen LogP contribution in [0.15, 0.2) is 24.3 Å². The van der Waals surface area contributed by atoms with E-state index in [9.17, 15) is 4.39 Å². The zero-order chi connectivity index (χ0) is 12.0. The van der Waals surface area contributed by atoms with E-state index < -0.39 is 0 Å². The van der Waals surface area contributed by atoms with Crippen molar-refractivity contribution in [3.05, 3.63) is 30.1 Å². The van der Waals surface area contributed by atoms with Gasteiger partial charge in [0.15, 0.2) is 0 Å². The van der Waals surface area contributed by atoms with Crippen LogP contribution in [0.4, 0.5) is 10.1 Å². The number of nitrogens with zero attached hydrogens (tertiary/aromatic N) is 1. The number of rotatable bonds is 6. The van der Waals surface area contributed by atoms with Crippen molar-refractivity contribution in [3.8, 4) is 0 Å². The molecule has 1 rings (SSSR count). The van der Waals surface area contributed by atoms with Crippen molar-refractivity contribution in [1.82, 2.24) is 0 Å². The Labute approximate surface area is 97.3 Å². The molecule has 0 bridgehead atoms. The minimum absolute atomic E-state index is 0.185. The van der Waals surface area contributed by atoms with Crippen molar-refractivity contribution in [2.75, 3.05) is 18.0 Å². The molecule has 2 N–H and O–H groups in total. The second-order valence-electron chi connectivity index (χ2n) is 4.02. The van der Waals surface area contributed by atoms with Crippen LogP contribution in [0.2, 0.25) is 0 Å². The summed E-state index contributed by atoms with van der Waals surface area (Å²) in [5.41, 5.74) is 6.82. The Bertz CT molecular complexity index is 315. The highest BCUT2D eigenvalue weighted by Crippen LogP contribution is 2.15. The second kappa shape index (κ2) is 6.48. The largest absolute Gasteiger partial charge is 0.372 e. The summed E-state index contributed by atoms with van der Waals surface area (Å²) in [5.74, 6) is -0.185. The molecule has 1 aromatic rings. The fourth-order valence-electron chi connectivity index (χ4n) is 1.67. The van der Waals surface area contributed by atoms with Gasteiger partial charge in [-0.25, -0.2) is 4.39 Å². The molecule has 0 amide bonds. The zero-order valence-corrected chi connectivity index (χ0v) is 10.1. The van der Waals surface area contributed by atoms with E-state index in [1.165, 1.54) is 6.07 Å². The summed E-state index contributed by atoms with van der Waals surface area (Å²) >= 11 is 0. The summed E-state index contributed by atoms with van der Waals surface area (Å²) in [6.45, 7) is 5.92. The number of hydrogen-bond acceptors (Lipinski definition) is 2. The van der Waals surface area contributed by atoms with Crippen molar-refractivity contribution in [3.63, 3.8) is 0 Å². The molecule has 0 aromatic heterocycles. The van der Waals surface area contributed by atoms with Crippen LogP contribution in [0.5, 0.6) is 0 Å². The van der Waals surface area contributed by atoms with E-state index in [-0.39, 0.29) is 11.9 Å². The Morgan fingerprint density at radius 1 is 1.38 bits per heavy atom. The predicted molar refractivity (Wildman–Crippen MR) is 67.2 cm³/mol. The van der Waals surface area contributed by atoms with Gasteiger partial charge in [0.05, 0.1) is 0 Å². The lowest BCUT2D eigenvalue weighted by Gasteiger charge is -2.24. The van der Waals surface area contributed by atoms with Crippen molar-refractivity contribution >= 4 is 5.69 Å². The quantitative estimate of drug-likeness (QED) is 0.805. The van der Waals surface area contributed by atoms with Crippen LogP contribution in [0.3, 0.4) is 0 Å². The Hall–Kier alpha value is -1.09. The van der Waals surface area contributed by atoms with Crippen molar-refractivity contribution in [2.24, 2.45) is 5.73 Å². The molecule has 0 saturated carbocycles. The van der Waals surface area contributed by atoms with Crippen LogP contribution in [-0.2, 0) is 0 Å². The van der Waals surface area contributed by atoms with E-state index in [0.29, 0.717) is 0 Å². The molecule has 16 heavy (non-hydrogen) atoms. The number of anilines is 1. The van der Waals surface area contributed by atoms with E-state index in [1.54, 1.807) is 12.1 Å². The van der Waals surface area contributed by atoms with E-state index >= 15 is 0 Å². The summed E-state index contributed by atoms with van der Waals surface area (Å²) in [4.78, 5) is 2.15. The standard InChI is InChI=1S/C13H21FN2/c1-3-12(15)8-9-16(4-2)13-7-5-6-11(14)10-13/h5-7,10,12H,3-4,8-9,15H2,1-2H3. The minimum Gasteiger partial charge on any atom is -0.372 e. The summed E-state index contributed by atoms with van der Waals surface area (Å²) in [6.07, 6.45) is 1.93. The van der Waals surface area contributed by atoms with Crippen molar-refractivity contribution in [2.45, 2.75) is 32.7 Å². The molecule has 0 radical (unpaired) electrons. The van der Waals surface area contributed by atoms with E-state index in [1.807, 2.05) is 6.07 Å². The van der Waals surface area contributed by atoms with Gasteiger partial charge in [0.25, 0.3) is 0 Å². The molecule has 1 unspecified atom stereocenters. The van der Waals surface area contributed by atoms with Crippen LogP contribution in [-0.4, -0.2) is 19.1 Å². The second-order valence-corrected chi connectivity index (χ2v) is 4.02. The first-order valence-corrected chi connectivity index (χ1v) is 5.93. The molecule has 0 aliphatic rings. The van der Waals surface area contributed by atoms with Gasteiger partial charge in [-0.3, -0.25) is 0 Å². The molecular weight excluding hydrogens is 203 g/mol. The SMILES string of the molecule is CCC(N)CCN(CC)c1cccc(F)c1. The third-order valence-electron chi connectivity index (χ3n) is 2.85. The molecule has 1 aromatic carbocycles. The Balaban J connectivity index is 2.60. The zero-order valence-electron chi connectivity index (χ0n) is 10.1. The third kappa shape index (κ3) is 3.81. The highest BCUT2D eigenvalue weighted by atomic mass is 19.1. The summed E-state index contributed by atoms with van der Waals surface area (Å²) < 4.78 is 13.1. The van der Waals surface area contributed by atoms with Gasteiger partial charge >= 0.3 is 0 Å². The lowest BCUT2D eigenvalue weighted by molar-refractivity contribution is 0.584. The highest BCUT2D eigenvalue weighted by molar-refractivity contribution is 5.46. The van der Waals surface area contributed by atoms with Crippen LogP contribution in [0.25, 0.3) is 0 Å². The van der Waals surface area contributed by atoms with E-state index in [4.69, 9.17) is 5.73 Å². The maximum absolute atomic E-state index is 13.1. The molecule has 1 atom stereocenters. The number of hydrogen-bond donors (Lipinski definition) is 1. The lowest BCUT2D eigenvalue weighted by atomic mass is 10.1. The first-order valence-electron chi connectivity index (χ1n) is 5.93. The molecule has 0 saturated heterocycles. The minimum atomic E-state index is -0.185. The smallest absolute Gasteiger partial charge is 0.125 e. The fraction of sp³-hybridized carbons (Fsp3) is 0.538. The molecule has 3 heteroatoms. The van der Waals surface area contributed by atoms with Crippen LogP contribution >= 0.6 is 0 Å². The molecule has 0 aliphatic heterocycles. The molecule has 0 fully saturated rings. The molecule has 0 heterocycles. The molecular formula is C13H21FN2. The van der Waals surface area contributed by atoms with Crippen LogP contribution < -0.4 is 10.6 Å². The summed E-state index contributed by atoms with van der Waals surface area (Å²) in [6, 6.07) is 6.95. The number of benzene rings is 1. The first-order chi connectivity index (χ1) is 7.67. The van der Waals surface area contributed by atoms with Crippen LogP contribution in [0.1, 0.15) is 26.7 Å². The molecule has 2 nitrogen and oxygen atoms in total. The highest BCUT2D eigenvalue weighted by Gasteiger charge is 2.07. The Morgan fingerprint density at radius 3 is 2.69 bits per heavy atom. The third-order valence-corrected chi connectivity index (χ3v) is 2.85. The van der Waals surface area contributed by atoms with Crippen molar-refractivity contribution < 1.29 is 4.39 Å². The first kappa shape index (κ1) is 13.0. The summed E-state index contributed by atoms with van der Waals surface area (Å²) in [5, 5.41) is 0. The van der Waals surface area contributed by atoms with Gasteiger partial charge < -0.3 is 10.6 Å². The predicted octanol–water partition coefficient (Wildman–Crippen LogP) is 2.78. The summed E-state index contributed by atoms with van der Waals surface area (Å²) in [7, 11) is 0. The van der Waals surface area contributed by atoms with Crippen molar-refractivity contribution in [1.29, 1.82) is 0 Å². The fourth-order valence-corrected chi connectivity index (χ4v) is 1.67. The maximum Gasteiger partial charge on any atom is 0.125 e. The van der Waals surface area contributed by atoms with Crippen LogP contribution in [0, 0.1) is 5.82 Å². The van der Waals surface area contributed by atoms with Gasteiger partial charge in [0.2, 0.25) is 0 Å². The molecule has 0 aliphatic carbocycles. The van der Waals surface area contributed by atoms with Gasteiger partial charge in [-0.2, -0.15) is 0 Å². The van der Waals surface area contributed by atoms with Gasteiger partial charge in [-0.05, 0) is 38.0 Å². The Morgan fingerprint density at radius 2 is 2.12 bits per heavy atom. The lowest BCUT2D eigenvalue weighted by Crippen LogP contribution is -2.30. The Kier molecular flexibility index (Phi) is 5.26. The average molecular weight is 224 g/mol. The molecule has 90 valence electrons. The average Bonchev–Trinajstić information content (AvgIpc) is 2.29. The number of nitrogens with two attached hydrogens (primary N) is 1.